The number of hydrogen-bond donors (Lipinski definition) is 1. The molecule has 84 valence electrons. The van der Waals surface area contributed by atoms with E-state index in [9.17, 15) is 4.79 Å². The van der Waals surface area contributed by atoms with Gasteiger partial charge in [0.1, 0.15) is 0 Å². The minimum Gasteiger partial charge on any atom is -0.326 e. The van der Waals surface area contributed by atoms with Gasteiger partial charge in [-0.25, -0.2) is 0 Å². The van der Waals surface area contributed by atoms with Gasteiger partial charge in [0.25, 0.3) is 0 Å². The van der Waals surface area contributed by atoms with Crippen molar-refractivity contribution in [3.8, 4) is 0 Å². The lowest BCUT2D eigenvalue weighted by Crippen LogP contribution is -2.05. The summed E-state index contributed by atoms with van der Waals surface area (Å²) in [6, 6.07) is 14.3. The summed E-state index contributed by atoms with van der Waals surface area (Å²) in [5.41, 5.74) is 0.896. The number of rotatable bonds is 1. The Kier molecular flexibility index (Phi) is 2.34. The van der Waals surface area contributed by atoms with E-state index in [1.54, 1.807) is 11.3 Å². The van der Waals surface area contributed by atoms with E-state index in [-0.39, 0.29) is 5.91 Å². The lowest BCUT2D eigenvalue weighted by atomic mass is 10.1. The van der Waals surface area contributed by atoms with Gasteiger partial charge in [-0.15, -0.1) is 11.3 Å². The normalized spacial score (nSPS) is 10.9. The van der Waals surface area contributed by atoms with Gasteiger partial charge in [0.2, 0.25) is 5.91 Å². The summed E-state index contributed by atoms with van der Waals surface area (Å²) >= 11 is 1.75. The summed E-state index contributed by atoms with van der Waals surface area (Å²) in [5, 5.41) is 5.24. The zero-order valence-corrected chi connectivity index (χ0v) is 10.2. The smallest absolute Gasteiger partial charge is 0.221 e. The first-order chi connectivity index (χ1) is 8.25. The molecule has 3 rings (SSSR count). The van der Waals surface area contributed by atoms with E-state index in [0.29, 0.717) is 0 Å². The molecule has 0 saturated heterocycles. The topological polar surface area (TPSA) is 29.1 Å². The molecule has 0 saturated carbocycles. The molecule has 2 aromatic carbocycles. The molecule has 0 aliphatic rings. The van der Waals surface area contributed by atoms with E-state index in [2.05, 4.69) is 23.5 Å². The molecule has 1 heterocycles. The van der Waals surface area contributed by atoms with Crippen molar-refractivity contribution in [1.82, 2.24) is 0 Å². The lowest BCUT2D eigenvalue weighted by molar-refractivity contribution is -0.114. The molecule has 1 N–H and O–H groups in total. The van der Waals surface area contributed by atoms with Crippen LogP contribution >= 0.6 is 11.3 Å². The van der Waals surface area contributed by atoms with Crippen LogP contribution in [0.4, 0.5) is 5.69 Å². The average molecular weight is 241 g/mol. The predicted molar refractivity (Wildman–Crippen MR) is 73.6 cm³/mol. The molecular formula is C14H11NOS. The van der Waals surface area contributed by atoms with E-state index >= 15 is 0 Å². The number of thiophene rings is 1. The number of anilines is 1. The second-order valence-electron chi connectivity index (χ2n) is 3.96. The molecule has 2 nitrogen and oxygen atoms in total. The van der Waals surface area contributed by atoms with Crippen LogP contribution in [0.15, 0.2) is 42.5 Å². The highest BCUT2D eigenvalue weighted by molar-refractivity contribution is 7.25. The maximum atomic E-state index is 11.2. The molecule has 3 aromatic rings. The standard InChI is InChI=1S/C14H11NOS/c1-9(16)15-11-6-4-8-13-14(11)10-5-2-3-7-12(10)17-13/h2-8H,1H3,(H,15,16). The first-order valence-corrected chi connectivity index (χ1v) is 6.25. The lowest BCUT2D eigenvalue weighted by Gasteiger charge is -2.03. The first kappa shape index (κ1) is 10.3. The van der Waals surface area contributed by atoms with Gasteiger partial charge in [-0.1, -0.05) is 24.3 Å². The fourth-order valence-corrected chi connectivity index (χ4v) is 3.20. The highest BCUT2D eigenvalue weighted by Crippen LogP contribution is 2.37. The minimum absolute atomic E-state index is 0.0345. The number of carbonyl (C=O) groups is 1. The van der Waals surface area contributed by atoms with Crippen LogP contribution in [0, 0.1) is 0 Å². The van der Waals surface area contributed by atoms with Crippen LogP contribution in [0.1, 0.15) is 6.92 Å². The van der Waals surface area contributed by atoms with Gasteiger partial charge in [0.15, 0.2) is 0 Å². The molecular weight excluding hydrogens is 230 g/mol. The Labute approximate surface area is 103 Å². The maximum Gasteiger partial charge on any atom is 0.221 e. The van der Waals surface area contributed by atoms with E-state index in [4.69, 9.17) is 0 Å². The zero-order valence-electron chi connectivity index (χ0n) is 9.36. The third-order valence-corrected chi connectivity index (χ3v) is 3.85. The fourth-order valence-electron chi connectivity index (χ4n) is 2.07. The molecule has 0 radical (unpaired) electrons. The second-order valence-corrected chi connectivity index (χ2v) is 5.04. The fraction of sp³-hybridized carbons (Fsp3) is 0.0714. The Morgan fingerprint density at radius 3 is 2.65 bits per heavy atom. The van der Waals surface area contributed by atoms with Gasteiger partial charge < -0.3 is 5.32 Å². The maximum absolute atomic E-state index is 11.2. The molecule has 3 heteroatoms. The van der Waals surface area contributed by atoms with Crippen LogP contribution in [0.2, 0.25) is 0 Å². The van der Waals surface area contributed by atoms with E-state index in [1.165, 1.54) is 21.7 Å². The molecule has 0 bridgehead atoms. The summed E-state index contributed by atoms with van der Waals surface area (Å²) in [7, 11) is 0. The van der Waals surface area contributed by atoms with Gasteiger partial charge >= 0.3 is 0 Å². The van der Waals surface area contributed by atoms with Gasteiger partial charge in [0, 0.05) is 27.1 Å². The molecule has 0 fully saturated rings. The van der Waals surface area contributed by atoms with Crippen LogP contribution in [0.25, 0.3) is 20.2 Å². The summed E-state index contributed by atoms with van der Waals surface area (Å²) < 4.78 is 2.46. The summed E-state index contributed by atoms with van der Waals surface area (Å²) in [6.07, 6.45) is 0. The third-order valence-electron chi connectivity index (χ3n) is 2.71. The monoisotopic (exact) mass is 241 g/mol. The Morgan fingerprint density at radius 2 is 1.82 bits per heavy atom. The van der Waals surface area contributed by atoms with Crippen molar-refractivity contribution in [3.63, 3.8) is 0 Å². The van der Waals surface area contributed by atoms with Crippen molar-refractivity contribution in [2.45, 2.75) is 6.92 Å². The van der Waals surface area contributed by atoms with Gasteiger partial charge in [0.05, 0.1) is 5.69 Å². The summed E-state index contributed by atoms with van der Waals surface area (Å²) in [4.78, 5) is 11.2. The second kappa shape index (κ2) is 3.86. The van der Waals surface area contributed by atoms with Crippen molar-refractivity contribution in [3.05, 3.63) is 42.5 Å². The van der Waals surface area contributed by atoms with E-state index in [1.807, 2.05) is 24.3 Å². The number of nitrogens with one attached hydrogen (secondary N) is 1. The van der Waals surface area contributed by atoms with Gasteiger partial charge in [-0.2, -0.15) is 0 Å². The number of amides is 1. The molecule has 0 unspecified atom stereocenters. The molecule has 0 atom stereocenters. The summed E-state index contributed by atoms with van der Waals surface area (Å²) in [5.74, 6) is -0.0345. The predicted octanol–water partition coefficient (Wildman–Crippen LogP) is 4.01. The van der Waals surface area contributed by atoms with Gasteiger partial charge in [-0.3, -0.25) is 4.79 Å². The molecule has 17 heavy (non-hydrogen) atoms. The SMILES string of the molecule is CC(=O)Nc1cccc2sc3ccccc3c12. The third kappa shape index (κ3) is 1.68. The number of hydrogen-bond acceptors (Lipinski definition) is 2. The minimum atomic E-state index is -0.0345. The van der Waals surface area contributed by atoms with Crippen LogP contribution in [0.3, 0.4) is 0 Å². The number of fused-ring (bicyclic) bond motifs is 3. The van der Waals surface area contributed by atoms with Crippen molar-refractivity contribution in [2.75, 3.05) is 5.32 Å². The van der Waals surface area contributed by atoms with E-state index in [0.717, 1.165) is 11.1 Å². The molecule has 1 amide bonds. The molecule has 0 aliphatic heterocycles. The van der Waals surface area contributed by atoms with Gasteiger partial charge in [-0.05, 0) is 18.2 Å². The highest BCUT2D eigenvalue weighted by Gasteiger charge is 2.08. The Hall–Kier alpha value is -1.87. The largest absolute Gasteiger partial charge is 0.326 e. The molecule has 1 aromatic heterocycles. The van der Waals surface area contributed by atoms with Crippen molar-refractivity contribution >= 4 is 43.1 Å². The van der Waals surface area contributed by atoms with Crippen molar-refractivity contribution < 1.29 is 4.79 Å². The Balaban J connectivity index is 2.39. The quantitative estimate of drug-likeness (QED) is 0.685. The van der Waals surface area contributed by atoms with Crippen molar-refractivity contribution in [1.29, 1.82) is 0 Å². The Morgan fingerprint density at radius 1 is 1.06 bits per heavy atom. The number of benzene rings is 2. The highest BCUT2D eigenvalue weighted by atomic mass is 32.1. The van der Waals surface area contributed by atoms with E-state index < -0.39 is 0 Å². The zero-order chi connectivity index (χ0) is 11.8. The van der Waals surface area contributed by atoms with Crippen molar-refractivity contribution in [2.24, 2.45) is 0 Å². The molecule has 0 aliphatic carbocycles. The summed E-state index contributed by atoms with van der Waals surface area (Å²) in [6.45, 7) is 1.54. The number of carbonyl (C=O) groups excluding carboxylic acids is 1. The van der Waals surface area contributed by atoms with Crippen LogP contribution < -0.4 is 5.32 Å². The Bertz CT molecular complexity index is 714. The van der Waals surface area contributed by atoms with Crippen LogP contribution in [0.5, 0.6) is 0 Å². The first-order valence-electron chi connectivity index (χ1n) is 5.43. The molecule has 0 spiro atoms. The average Bonchev–Trinajstić information content (AvgIpc) is 2.67. The van der Waals surface area contributed by atoms with Crippen LogP contribution in [-0.2, 0) is 4.79 Å². The van der Waals surface area contributed by atoms with Crippen LogP contribution in [-0.4, -0.2) is 5.91 Å².